The summed E-state index contributed by atoms with van der Waals surface area (Å²) in [6, 6.07) is 0. The average molecular weight is 271 g/mol. The van der Waals surface area contributed by atoms with Gasteiger partial charge in [-0.15, -0.1) is 0 Å². The SMILES string of the molecule is [CH3][Sn]([CH3])([CH3])[C]#CC1CCCCC1. The van der Waals surface area contributed by atoms with Crippen molar-refractivity contribution in [3.63, 3.8) is 0 Å². The van der Waals surface area contributed by atoms with Gasteiger partial charge in [0.2, 0.25) is 0 Å². The fourth-order valence-electron chi connectivity index (χ4n) is 1.57. The normalized spacial score (nSPS) is 19.9. The van der Waals surface area contributed by atoms with Gasteiger partial charge in [-0.2, -0.15) is 0 Å². The Bertz CT molecular complexity index is 183. The van der Waals surface area contributed by atoms with Gasteiger partial charge in [0.1, 0.15) is 0 Å². The molecular weight excluding hydrogens is 251 g/mol. The second kappa shape index (κ2) is 4.55. The van der Waals surface area contributed by atoms with Crippen molar-refractivity contribution >= 4 is 18.4 Å². The van der Waals surface area contributed by atoms with Gasteiger partial charge in [0.05, 0.1) is 0 Å². The molecule has 12 heavy (non-hydrogen) atoms. The molecule has 1 saturated carbocycles. The van der Waals surface area contributed by atoms with Gasteiger partial charge in [-0.25, -0.2) is 0 Å². The van der Waals surface area contributed by atoms with Crippen LogP contribution in [0.3, 0.4) is 0 Å². The van der Waals surface area contributed by atoms with Gasteiger partial charge < -0.3 is 0 Å². The predicted octanol–water partition coefficient (Wildman–Crippen LogP) is 3.45. The molecular formula is C11H20Sn. The Hall–Kier alpha value is 0.359. The van der Waals surface area contributed by atoms with E-state index in [1.54, 1.807) is 0 Å². The molecule has 0 aromatic carbocycles. The van der Waals surface area contributed by atoms with Gasteiger partial charge >= 0.3 is 81.1 Å². The Balaban J connectivity index is 2.41. The van der Waals surface area contributed by atoms with Crippen molar-refractivity contribution in [1.82, 2.24) is 0 Å². The molecule has 0 unspecified atom stereocenters. The zero-order valence-corrected chi connectivity index (χ0v) is 11.5. The summed E-state index contributed by atoms with van der Waals surface area (Å²) < 4.78 is 3.55. The summed E-state index contributed by atoms with van der Waals surface area (Å²) >= 11 is -1.76. The van der Waals surface area contributed by atoms with Gasteiger partial charge in [-0.1, -0.05) is 0 Å². The summed E-state index contributed by atoms with van der Waals surface area (Å²) in [7, 11) is 0. The molecule has 1 heteroatoms. The van der Waals surface area contributed by atoms with Gasteiger partial charge in [0.25, 0.3) is 0 Å². The average Bonchev–Trinajstić information content (AvgIpc) is 2.02. The molecule has 0 saturated heterocycles. The molecule has 0 aliphatic heterocycles. The van der Waals surface area contributed by atoms with Crippen LogP contribution in [0, 0.1) is 15.8 Å². The van der Waals surface area contributed by atoms with Crippen LogP contribution < -0.4 is 0 Å². The van der Waals surface area contributed by atoms with Crippen molar-refractivity contribution in [2.45, 2.75) is 46.9 Å². The summed E-state index contributed by atoms with van der Waals surface area (Å²) in [5.74, 6) is 4.26. The van der Waals surface area contributed by atoms with E-state index in [0.29, 0.717) is 0 Å². The monoisotopic (exact) mass is 272 g/mol. The zero-order chi connectivity index (χ0) is 9.03. The minimum absolute atomic E-state index is 0.759. The molecule has 0 nitrogen and oxygen atoms in total. The number of hydrogen-bond acceptors (Lipinski definition) is 0. The topological polar surface area (TPSA) is 0 Å². The van der Waals surface area contributed by atoms with E-state index in [-0.39, 0.29) is 0 Å². The number of rotatable bonds is 0. The summed E-state index contributed by atoms with van der Waals surface area (Å²) in [4.78, 5) is 7.18. The first kappa shape index (κ1) is 10.4. The van der Waals surface area contributed by atoms with Crippen LogP contribution in [-0.4, -0.2) is 18.4 Å². The zero-order valence-electron chi connectivity index (χ0n) is 8.61. The molecule has 68 valence electrons. The van der Waals surface area contributed by atoms with Crippen molar-refractivity contribution in [1.29, 1.82) is 0 Å². The van der Waals surface area contributed by atoms with Gasteiger partial charge in [0, 0.05) is 0 Å². The molecule has 1 aliphatic rings. The van der Waals surface area contributed by atoms with E-state index in [1.165, 1.54) is 32.1 Å². The predicted molar refractivity (Wildman–Crippen MR) is 57.7 cm³/mol. The van der Waals surface area contributed by atoms with Gasteiger partial charge in [-0.05, 0) is 0 Å². The summed E-state index contributed by atoms with van der Waals surface area (Å²) in [5, 5.41) is 0. The second-order valence-corrected chi connectivity index (χ2v) is 18.4. The van der Waals surface area contributed by atoms with E-state index < -0.39 is 18.4 Å². The third-order valence-electron chi connectivity index (χ3n) is 2.26. The van der Waals surface area contributed by atoms with E-state index in [1.807, 2.05) is 0 Å². The molecule has 1 aliphatic carbocycles. The molecule has 0 N–H and O–H groups in total. The molecule has 0 spiro atoms. The molecule has 1 rings (SSSR count). The first-order valence-corrected chi connectivity index (χ1v) is 15.1. The van der Waals surface area contributed by atoms with Crippen molar-refractivity contribution in [2.24, 2.45) is 5.92 Å². The summed E-state index contributed by atoms with van der Waals surface area (Å²) in [6.45, 7) is 0. The first-order valence-electron chi connectivity index (χ1n) is 5.11. The van der Waals surface area contributed by atoms with E-state index in [9.17, 15) is 0 Å². The van der Waals surface area contributed by atoms with Gasteiger partial charge in [0.15, 0.2) is 0 Å². The Labute approximate surface area is 81.0 Å². The third kappa shape index (κ3) is 4.40. The third-order valence-corrected chi connectivity index (χ3v) is 4.81. The van der Waals surface area contributed by atoms with Crippen molar-refractivity contribution in [3.05, 3.63) is 0 Å². The molecule has 0 radical (unpaired) electrons. The summed E-state index contributed by atoms with van der Waals surface area (Å²) in [6.07, 6.45) is 7.01. The van der Waals surface area contributed by atoms with Crippen LogP contribution in [-0.2, 0) is 0 Å². The van der Waals surface area contributed by atoms with Crippen molar-refractivity contribution in [3.8, 4) is 9.86 Å². The quantitative estimate of drug-likeness (QED) is 0.467. The fourth-order valence-corrected chi connectivity index (χ4v) is 3.38. The van der Waals surface area contributed by atoms with Crippen LogP contribution in [0.5, 0.6) is 0 Å². The minimum atomic E-state index is -1.76. The Kier molecular flexibility index (Phi) is 3.96. The first-order chi connectivity index (χ1) is 5.58. The standard InChI is InChI=1S/C8H11.3CH3.Sn/c1-2-8-6-4-3-5-7-8;;;;/h8H,3-7H2;3*1H3;. The summed E-state index contributed by atoms with van der Waals surface area (Å²) in [5.41, 5.74) is 0. The second-order valence-electron chi connectivity index (χ2n) is 4.85. The van der Waals surface area contributed by atoms with E-state index in [0.717, 1.165) is 5.92 Å². The fraction of sp³-hybridized carbons (Fsp3) is 0.818. The van der Waals surface area contributed by atoms with Crippen molar-refractivity contribution < 1.29 is 0 Å². The maximum absolute atomic E-state index is 3.55. The van der Waals surface area contributed by atoms with Crippen LogP contribution in [0.1, 0.15) is 32.1 Å². The van der Waals surface area contributed by atoms with Crippen molar-refractivity contribution in [2.75, 3.05) is 0 Å². The molecule has 0 heterocycles. The Morgan fingerprint density at radius 3 is 2.08 bits per heavy atom. The Morgan fingerprint density at radius 2 is 1.58 bits per heavy atom. The molecule has 0 atom stereocenters. The molecule has 0 aromatic heterocycles. The van der Waals surface area contributed by atoms with E-state index >= 15 is 0 Å². The van der Waals surface area contributed by atoms with Crippen LogP contribution in [0.25, 0.3) is 0 Å². The molecule has 0 aromatic rings. The molecule has 1 fully saturated rings. The van der Waals surface area contributed by atoms with E-state index in [4.69, 9.17) is 0 Å². The van der Waals surface area contributed by atoms with E-state index in [2.05, 4.69) is 24.7 Å². The maximum atomic E-state index is 3.55. The van der Waals surface area contributed by atoms with Crippen LogP contribution >= 0.6 is 0 Å². The van der Waals surface area contributed by atoms with Gasteiger partial charge in [-0.3, -0.25) is 0 Å². The number of hydrogen-bond donors (Lipinski definition) is 0. The van der Waals surface area contributed by atoms with Crippen LogP contribution in [0.2, 0.25) is 14.8 Å². The molecule has 0 amide bonds. The Morgan fingerprint density at radius 1 is 1.00 bits per heavy atom. The van der Waals surface area contributed by atoms with Crippen LogP contribution in [0.4, 0.5) is 0 Å². The van der Waals surface area contributed by atoms with Crippen LogP contribution in [0.15, 0.2) is 0 Å². The molecule has 0 bridgehead atoms.